The van der Waals surface area contributed by atoms with Gasteiger partial charge in [0.2, 0.25) is 10.0 Å². The van der Waals surface area contributed by atoms with Gasteiger partial charge in [-0.25, -0.2) is 13.1 Å². The summed E-state index contributed by atoms with van der Waals surface area (Å²) in [7, 11) is -3.71. The molecule has 0 atom stereocenters. The quantitative estimate of drug-likeness (QED) is 0.811. The predicted octanol–water partition coefficient (Wildman–Crippen LogP) is 1.27. The zero-order valence-corrected chi connectivity index (χ0v) is 14.6. The molecule has 1 aromatic carbocycles. The van der Waals surface area contributed by atoms with E-state index in [0.717, 1.165) is 16.0 Å². The summed E-state index contributed by atoms with van der Waals surface area (Å²) < 4.78 is 27.1. The summed E-state index contributed by atoms with van der Waals surface area (Å²) in [4.78, 5) is 29.4. The molecule has 0 spiro atoms. The van der Waals surface area contributed by atoms with Crippen LogP contribution in [0.2, 0.25) is 0 Å². The predicted molar refractivity (Wildman–Crippen MR) is 90.7 cm³/mol. The van der Waals surface area contributed by atoms with E-state index in [-0.39, 0.29) is 29.2 Å². The monoisotopic (exact) mass is 359 g/mol. The van der Waals surface area contributed by atoms with Crippen molar-refractivity contribution in [2.24, 2.45) is 0 Å². The van der Waals surface area contributed by atoms with Crippen LogP contribution in [0.5, 0.6) is 0 Å². The molecule has 1 aromatic heterocycles. The van der Waals surface area contributed by atoms with Crippen molar-refractivity contribution >= 4 is 21.8 Å². The van der Waals surface area contributed by atoms with Crippen LogP contribution in [0, 0.1) is 13.8 Å². The normalized spacial score (nSPS) is 14.1. The highest BCUT2D eigenvalue weighted by molar-refractivity contribution is 7.89. The molecular formula is C17H17N3O4S. The molecule has 1 N–H and O–H groups in total. The van der Waals surface area contributed by atoms with Gasteiger partial charge in [0.05, 0.1) is 10.5 Å². The first-order valence-corrected chi connectivity index (χ1v) is 9.18. The summed E-state index contributed by atoms with van der Waals surface area (Å²) in [5.74, 6) is -0.968. The molecule has 0 fully saturated rings. The molecule has 2 amide bonds. The molecule has 0 saturated heterocycles. The molecule has 1 aliphatic rings. The minimum Gasteiger partial charge on any atom is -0.272 e. The lowest BCUT2D eigenvalue weighted by atomic mass is 10.1. The van der Waals surface area contributed by atoms with E-state index in [2.05, 4.69) is 9.71 Å². The van der Waals surface area contributed by atoms with Crippen molar-refractivity contribution in [2.75, 3.05) is 13.1 Å². The molecule has 2 heterocycles. The number of aromatic nitrogens is 1. The number of carbonyl (C=O) groups is 2. The highest BCUT2D eigenvalue weighted by Crippen LogP contribution is 2.20. The average Bonchev–Trinajstić information content (AvgIpc) is 2.82. The number of imide groups is 1. The zero-order valence-electron chi connectivity index (χ0n) is 13.8. The Hall–Kier alpha value is -2.58. The highest BCUT2D eigenvalue weighted by atomic mass is 32.2. The van der Waals surface area contributed by atoms with Crippen LogP contribution in [0.1, 0.15) is 32.0 Å². The summed E-state index contributed by atoms with van der Waals surface area (Å²) in [6, 6.07) is 7.96. The number of pyridine rings is 1. The second-order valence-corrected chi connectivity index (χ2v) is 7.57. The first-order valence-electron chi connectivity index (χ1n) is 7.69. The Morgan fingerprint density at radius 3 is 2.52 bits per heavy atom. The lowest BCUT2D eigenvalue weighted by molar-refractivity contribution is 0.0655. The lowest BCUT2D eigenvalue weighted by Crippen LogP contribution is -2.38. The van der Waals surface area contributed by atoms with Gasteiger partial charge in [-0.15, -0.1) is 0 Å². The van der Waals surface area contributed by atoms with Gasteiger partial charge in [-0.05, 0) is 49.2 Å². The number of sulfonamides is 1. The Labute approximate surface area is 145 Å². The number of carbonyl (C=O) groups excluding carboxylic acids is 2. The number of amides is 2. The fourth-order valence-corrected chi connectivity index (χ4v) is 3.68. The maximum Gasteiger partial charge on any atom is 0.280 e. The van der Waals surface area contributed by atoms with E-state index >= 15 is 0 Å². The van der Waals surface area contributed by atoms with Gasteiger partial charge in [0, 0.05) is 19.3 Å². The van der Waals surface area contributed by atoms with E-state index in [0.29, 0.717) is 0 Å². The van der Waals surface area contributed by atoms with E-state index < -0.39 is 21.8 Å². The Kier molecular flexibility index (Phi) is 4.40. The van der Waals surface area contributed by atoms with Crippen LogP contribution in [-0.2, 0) is 10.0 Å². The zero-order chi connectivity index (χ0) is 18.2. The third-order valence-electron chi connectivity index (χ3n) is 4.15. The number of nitrogens with zero attached hydrogens (tertiary/aromatic N) is 2. The Morgan fingerprint density at radius 1 is 1.08 bits per heavy atom. The topological polar surface area (TPSA) is 96.4 Å². The maximum atomic E-state index is 12.3. The molecule has 8 heteroatoms. The molecule has 1 aliphatic heterocycles. The third-order valence-corrected chi connectivity index (χ3v) is 5.61. The van der Waals surface area contributed by atoms with Crippen molar-refractivity contribution in [2.45, 2.75) is 18.7 Å². The largest absolute Gasteiger partial charge is 0.280 e. The van der Waals surface area contributed by atoms with Crippen molar-refractivity contribution in [3.8, 4) is 0 Å². The van der Waals surface area contributed by atoms with Crippen LogP contribution in [0.15, 0.2) is 41.4 Å². The van der Waals surface area contributed by atoms with Crippen LogP contribution in [0.4, 0.5) is 0 Å². The average molecular weight is 359 g/mol. The van der Waals surface area contributed by atoms with Gasteiger partial charge in [-0.2, -0.15) is 0 Å². The Morgan fingerprint density at radius 2 is 1.84 bits per heavy atom. The van der Waals surface area contributed by atoms with Crippen LogP contribution in [0.3, 0.4) is 0 Å². The van der Waals surface area contributed by atoms with Crippen LogP contribution in [0.25, 0.3) is 0 Å². The third kappa shape index (κ3) is 3.18. The standard InChI is InChI=1S/C17H17N3O4S/c1-11-5-6-13(10-12(11)2)25(23,24)19-8-9-20-16(21)14-4-3-7-18-15(14)17(20)22/h3-7,10,19H,8-9H2,1-2H3. The fourth-order valence-electron chi connectivity index (χ4n) is 2.57. The Balaban J connectivity index is 1.68. The number of hydrogen-bond donors (Lipinski definition) is 1. The molecule has 0 aliphatic carbocycles. The van der Waals surface area contributed by atoms with Crippen molar-refractivity contribution in [3.05, 3.63) is 58.9 Å². The summed E-state index contributed by atoms with van der Waals surface area (Å²) in [5.41, 5.74) is 2.21. The second-order valence-electron chi connectivity index (χ2n) is 5.81. The SMILES string of the molecule is Cc1ccc(S(=O)(=O)NCCN2C(=O)c3cccnc3C2=O)cc1C. The van der Waals surface area contributed by atoms with Gasteiger partial charge in [0.15, 0.2) is 0 Å². The van der Waals surface area contributed by atoms with Gasteiger partial charge in [-0.1, -0.05) is 6.07 Å². The number of hydrogen-bond acceptors (Lipinski definition) is 5. The molecule has 0 saturated carbocycles. The molecule has 25 heavy (non-hydrogen) atoms. The van der Waals surface area contributed by atoms with Gasteiger partial charge in [0.25, 0.3) is 11.8 Å². The van der Waals surface area contributed by atoms with Crippen LogP contribution >= 0.6 is 0 Å². The first kappa shape index (κ1) is 17.2. The van der Waals surface area contributed by atoms with E-state index in [9.17, 15) is 18.0 Å². The van der Waals surface area contributed by atoms with Crippen molar-refractivity contribution in [1.82, 2.24) is 14.6 Å². The van der Waals surface area contributed by atoms with E-state index in [1.54, 1.807) is 18.2 Å². The molecule has 2 aromatic rings. The summed E-state index contributed by atoms with van der Waals surface area (Å²) in [5, 5.41) is 0. The highest BCUT2D eigenvalue weighted by Gasteiger charge is 2.36. The van der Waals surface area contributed by atoms with E-state index in [1.807, 2.05) is 13.8 Å². The molecule has 0 unspecified atom stereocenters. The van der Waals surface area contributed by atoms with E-state index in [4.69, 9.17) is 0 Å². The van der Waals surface area contributed by atoms with Gasteiger partial charge < -0.3 is 0 Å². The van der Waals surface area contributed by atoms with Crippen LogP contribution < -0.4 is 4.72 Å². The number of fused-ring (bicyclic) bond motifs is 1. The smallest absolute Gasteiger partial charge is 0.272 e. The van der Waals surface area contributed by atoms with Crippen molar-refractivity contribution in [1.29, 1.82) is 0 Å². The van der Waals surface area contributed by atoms with E-state index in [1.165, 1.54) is 18.3 Å². The molecule has 0 bridgehead atoms. The summed E-state index contributed by atoms with van der Waals surface area (Å²) in [6.45, 7) is 3.61. The number of rotatable bonds is 5. The minimum absolute atomic E-state index is 0.0574. The second kappa shape index (κ2) is 6.38. The number of nitrogens with one attached hydrogen (secondary N) is 1. The Bertz CT molecular complexity index is 935. The number of aryl methyl sites for hydroxylation is 2. The fraction of sp³-hybridized carbons (Fsp3) is 0.235. The van der Waals surface area contributed by atoms with Crippen LogP contribution in [-0.4, -0.2) is 43.2 Å². The molecule has 130 valence electrons. The molecule has 7 nitrogen and oxygen atoms in total. The van der Waals surface area contributed by atoms with Crippen molar-refractivity contribution < 1.29 is 18.0 Å². The van der Waals surface area contributed by atoms with Gasteiger partial charge in [-0.3, -0.25) is 19.5 Å². The minimum atomic E-state index is -3.71. The molecular weight excluding hydrogens is 342 g/mol. The van der Waals surface area contributed by atoms with Gasteiger partial charge >= 0.3 is 0 Å². The first-order chi connectivity index (χ1) is 11.8. The molecule has 0 radical (unpaired) electrons. The summed E-state index contributed by atoms with van der Waals surface area (Å²) >= 11 is 0. The van der Waals surface area contributed by atoms with Gasteiger partial charge in [0.1, 0.15) is 5.69 Å². The summed E-state index contributed by atoms with van der Waals surface area (Å²) in [6.07, 6.45) is 1.44. The maximum absolute atomic E-state index is 12.3. The molecule has 3 rings (SSSR count). The number of benzene rings is 1. The lowest BCUT2D eigenvalue weighted by Gasteiger charge is -2.14. The van der Waals surface area contributed by atoms with Crippen molar-refractivity contribution in [3.63, 3.8) is 0 Å².